The molecule has 0 heterocycles. The van der Waals surface area contributed by atoms with Gasteiger partial charge < -0.3 is 4.74 Å². The first-order valence-corrected chi connectivity index (χ1v) is 6.14. The van der Waals surface area contributed by atoms with Crippen molar-refractivity contribution in [1.29, 1.82) is 0 Å². The van der Waals surface area contributed by atoms with Gasteiger partial charge in [0, 0.05) is 17.2 Å². The number of thioether (sulfide) groups is 1. The van der Waals surface area contributed by atoms with E-state index in [1.807, 2.05) is 30.1 Å². The van der Waals surface area contributed by atoms with E-state index in [0.717, 1.165) is 12.3 Å². The highest BCUT2D eigenvalue weighted by molar-refractivity contribution is 7.99. The molecule has 0 radical (unpaired) electrons. The van der Waals surface area contributed by atoms with Gasteiger partial charge in [0.15, 0.2) is 0 Å². The molecule has 16 heavy (non-hydrogen) atoms. The molecular weight excluding hydrogens is 222 g/mol. The Kier molecular flexibility index (Phi) is 5.96. The molecule has 1 rings (SSSR count). The first-order chi connectivity index (χ1) is 7.72. The van der Waals surface area contributed by atoms with Gasteiger partial charge in [-0.3, -0.25) is 9.69 Å². The molecule has 0 amide bonds. The van der Waals surface area contributed by atoms with E-state index in [0.29, 0.717) is 6.54 Å². The summed E-state index contributed by atoms with van der Waals surface area (Å²) >= 11 is 1.79. The quantitative estimate of drug-likeness (QED) is 0.560. The fourth-order valence-corrected chi connectivity index (χ4v) is 2.19. The number of nitrogens with zero attached hydrogens (tertiary/aromatic N) is 1. The van der Waals surface area contributed by atoms with Gasteiger partial charge in [0.05, 0.1) is 13.7 Å². The molecule has 88 valence electrons. The summed E-state index contributed by atoms with van der Waals surface area (Å²) in [5.41, 5.74) is 0. The van der Waals surface area contributed by atoms with E-state index in [2.05, 4.69) is 16.9 Å². The molecule has 0 spiro atoms. The fourth-order valence-electron chi connectivity index (χ4n) is 1.20. The van der Waals surface area contributed by atoms with E-state index in [4.69, 9.17) is 0 Å². The molecule has 0 saturated heterocycles. The van der Waals surface area contributed by atoms with Crippen LogP contribution in [0.25, 0.3) is 0 Å². The zero-order valence-electron chi connectivity index (χ0n) is 9.68. The summed E-state index contributed by atoms with van der Waals surface area (Å²) in [4.78, 5) is 14.2. The van der Waals surface area contributed by atoms with Crippen LogP contribution in [0.2, 0.25) is 0 Å². The number of rotatable bonds is 6. The predicted molar refractivity (Wildman–Crippen MR) is 66.7 cm³/mol. The minimum Gasteiger partial charge on any atom is -0.468 e. The smallest absolute Gasteiger partial charge is 0.319 e. The second-order valence-corrected chi connectivity index (χ2v) is 4.64. The van der Waals surface area contributed by atoms with Crippen molar-refractivity contribution in [3.05, 3.63) is 30.3 Å². The van der Waals surface area contributed by atoms with Crippen LogP contribution >= 0.6 is 11.8 Å². The Morgan fingerprint density at radius 2 is 2.06 bits per heavy atom. The van der Waals surface area contributed by atoms with Crippen molar-refractivity contribution in [1.82, 2.24) is 4.90 Å². The lowest BCUT2D eigenvalue weighted by Gasteiger charge is -2.14. The number of hydrogen-bond acceptors (Lipinski definition) is 4. The van der Waals surface area contributed by atoms with Gasteiger partial charge in [-0.05, 0) is 19.2 Å². The zero-order chi connectivity index (χ0) is 11.8. The molecule has 0 aliphatic rings. The summed E-state index contributed by atoms with van der Waals surface area (Å²) in [5.74, 6) is 0.782. The standard InChI is InChI=1S/C12H17NO2S/c1-13(10-12(14)15-2)8-9-16-11-6-4-3-5-7-11/h3-7H,8-10H2,1-2H3. The number of carbonyl (C=O) groups excluding carboxylic acids is 1. The van der Waals surface area contributed by atoms with Crippen LogP contribution in [-0.2, 0) is 9.53 Å². The SMILES string of the molecule is COC(=O)CN(C)CCSc1ccccc1. The summed E-state index contributed by atoms with van der Waals surface area (Å²) < 4.78 is 4.60. The number of methoxy groups -OCH3 is 1. The Bertz CT molecular complexity index is 316. The average Bonchev–Trinajstić information content (AvgIpc) is 2.30. The molecule has 0 atom stereocenters. The van der Waals surface area contributed by atoms with Crippen LogP contribution in [-0.4, -0.2) is 43.9 Å². The highest BCUT2D eigenvalue weighted by Crippen LogP contribution is 2.16. The number of carbonyl (C=O) groups is 1. The van der Waals surface area contributed by atoms with Gasteiger partial charge in [0.1, 0.15) is 0 Å². The normalized spacial score (nSPS) is 10.4. The molecule has 0 aliphatic heterocycles. The Hall–Kier alpha value is -1.00. The summed E-state index contributed by atoms with van der Waals surface area (Å²) in [5, 5.41) is 0. The molecule has 0 aliphatic carbocycles. The maximum atomic E-state index is 11.0. The molecule has 0 fully saturated rings. The third-order valence-corrected chi connectivity index (χ3v) is 3.10. The van der Waals surface area contributed by atoms with Crippen LogP contribution in [0.15, 0.2) is 35.2 Å². The maximum Gasteiger partial charge on any atom is 0.319 e. The molecule has 3 nitrogen and oxygen atoms in total. The van der Waals surface area contributed by atoms with Crippen LogP contribution in [0.3, 0.4) is 0 Å². The second-order valence-electron chi connectivity index (χ2n) is 3.48. The highest BCUT2D eigenvalue weighted by Gasteiger charge is 2.05. The zero-order valence-corrected chi connectivity index (χ0v) is 10.5. The van der Waals surface area contributed by atoms with Gasteiger partial charge in [-0.2, -0.15) is 0 Å². The molecule has 1 aromatic rings. The van der Waals surface area contributed by atoms with E-state index >= 15 is 0 Å². The minimum atomic E-state index is -0.188. The summed E-state index contributed by atoms with van der Waals surface area (Å²) in [6, 6.07) is 10.2. The van der Waals surface area contributed by atoms with E-state index in [1.54, 1.807) is 11.8 Å². The number of hydrogen-bond donors (Lipinski definition) is 0. The Balaban J connectivity index is 2.18. The Labute approximate surface area is 101 Å². The van der Waals surface area contributed by atoms with Gasteiger partial charge in [0.25, 0.3) is 0 Å². The van der Waals surface area contributed by atoms with Crippen molar-refractivity contribution in [3.8, 4) is 0 Å². The molecule has 0 bridgehead atoms. The van der Waals surface area contributed by atoms with E-state index in [1.165, 1.54) is 12.0 Å². The lowest BCUT2D eigenvalue weighted by molar-refractivity contribution is -0.141. The minimum absolute atomic E-state index is 0.188. The van der Waals surface area contributed by atoms with Crippen LogP contribution in [0.4, 0.5) is 0 Å². The monoisotopic (exact) mass is 239 g/mol. The van der Waals surface area contributed by atoms with E-state index in [-0.39, 0.29) is 5.97 Å². The van der Waals surface area contributed by atoms with Crippen LogP contribution in [0.1, 0.15) is 0 Å². The Morgan fingerprint density at radius 3 is 2.69 bits per heavy atom. The average molecular weight is 239 g/mol. The summed E-state index contributed by atoms with van der Waals surface area (Å²) in [6.07, 6.45) is 0. The number of ether oxygens (including phenoxy) is 1. The molecule has 0 aromatic heterocycles. The lowest BCUT2D eigenvalue weighted by atomic mass is 10.4. The van der Waals surface area contributed by atoms with Crippen molar-refractivity contribution in [2.75, 3.05) is 33.0 Å². The topological polar surface area (TPSA) is 29.5 Å². The van der Waals surface area contributed by atoms with Crippen LogP contribution in [0, 0.1) is 0 Å². The Morgan fingerprint density at radius 1 is 1.38 bits per heavy atom. The summed E-state index contributed by atoms with van der Waals surface area (Å²) in [6.45, 7) is 1.22. The molecular formula is C12H17NO2S. The van der Waals surface area contributed by atoms with Crippen molar-refractivity contribution in [2.24, 2.45) is 0 Å². The molecule has 0 N–H and O–H groups in total. The highest BCUT2D eigenvalue weighted by atomic mass is 32.2. The number of likely N-dealkylation sites (N-methyl/N-ethyl adjacent to an activating group) is 1. The third kappa shape index (κ3) is 5.19. The molecule has 0 unspecified atom stereocenters. The first-order valence-electron chi connectivity index (χ1n) is 5.15. The van der Waals surface area contributed by atoms with Crippen LogP contribution in [0.5, 0.6) is 0 Å². The van der Waals surface area contributed by atoms with Gasteiger partial charge in [-0.25, -0.2) is 0 Å². The van der Waals surface area contributed by atoms with Gasteiger partial charge in [-0.1, -0.05) is 18.2 Å². The summed E-state index contributed by atoms with van der Waals surface area (Å²) in [7, 11) is 3.33. The maximum absolute atomic E-state index is 11.0. The van der Waals surface area contributed by atoms with Gasteiger partial charge >= 0.3 is 5.97 Å². The molecule has 1 aromatic carbocycles. The van der Waals surface area contributed by atoms with Gasteiger partial charge in [-0.15, -0.1) is 11.8 Å². The first kappa shape index (κ1) is 13.1. The van der Waals surface area contributed by atoms with Crippen molar-refractivity contribution < 1.29 is 9.53 Å². The van der Waals surface area contributed by atoms with Crippen molar-refractivity contribution >= 4 is 17.7 Å². The lowest BCUT2D eigenvalue weighted by Crippen LogP contribution is -2.28. The predicted octanol–water partition coefficient (Wildman–Crippen LogP) is 1.88. The van der Waals surface area contributed by atoms with E-state index < -0.39 is 0 Å². The number of benzene rings is 1. The fraction of sp³-hybridized carbons (Fsp3) is 0.417. The third-order valence-electron chi connectivity index (χ3n) is 2.11. The molecule has 0 saturated carbocycles. The second kappa shape index (κ2) is 7.30. The molecule has 4 heteroatoms. The van der Waals surface area contributed by atoms with E-state index in [9.17, 15) is 4.79 Å². The largest absolute Gasteiger partial charge is 0.468 e. The van der Waals surface area contributed by atoms with Crippen molar-refractivity contribution in [3.63, 3.8) is 0 Å². The van der Waals surface area contributed by atoms with Gasteiger partial charge in [0.2, 0.25) is 0 Å². The van der Waals surface area contributed by atoms with Crippen LogP contribution < -0.4 is 0 Å². The number of esters is 1. The van der Waals surface area contributed by atoms with Crippen molar-refractivity contribution in [2.45, 2.75) is 4.90 Å².